The van der Waals surface area contributed by atoms with Crippen LogP contribution in [-0.2, 0) is 0 Å². The van der Waals surface area contributed by atoms with Crippen molar-refractivity contribution in [2.75, 3.05) is 0 Å². The Morgan fingerprint density at radius 2 is 1.51 bits per heavy atom. The van der Waals surface area contributed by atoms with Crippen molar-refractivity contribution >= 4 is 0 Å². The van der Waals surface area contributed by atoms with Gasteiger partial charge in [0.15, 0.2) is 11.5 Å². The van der Waals surface area contributed by atoms with Gasteiger partial charge in [0, 0.05) is 12.8 Å². The van der Waals surface area contributed by atoms with Crippen molar-refractivity contribution in [1.29, 1.82) is 0 Å². The predicted octanol–water partition coefficient (Wildman–Crippen LogP) is 9.28. The van der Waals surface area contributed by atoms with Crippen LogP contribution >= 0.6 is 0 Å². The summed E-state index contributed by atoms with van der Waals surface area (Å²) in [6.07, 6.45) is 16.5. The lowest BCUT2D eigenvalue weighted by molar-refractivity contribution is -0.190. The average Bonchev–Trinajstić information content (AvgIpc) is 3.36. The van der Waals surface area contributed by atoms with E-state index in [1.54, 1.807) is 0 Å². The standard InChI is InChI=1S/C33H50O2/c1-22(2)9-8-10-23(3)26-15-16-27-25-14-13-24-21-33(34-29-11-6-7-12-30(29)35-33)20-19-31(24,4)28(25)17-18-32(26,27)5/h6-7,11-12,22-28H,8-10,13-21H2,1-5H3/t23-,24?,25+,26-,27+,28+,31+,32-/m1/s1. The van der Waals surface area contributed by atoms with Gasteiger partial charge in [0.25, 0.3) is 5.79 Å². The van der Waals surface area contributed by atoms with E-state index in [1.165, 1.54) is 64.2 Å². The zero-order chi connectivity index (χ0) is 24.4. The van der Waals surface area contributed by atoms with Gasteiger partial charge in [0.05, 0.1) is 0 Å². The second-order valence-electron chi connectivity index (χ2n) is 14.5. The van der Waals surface area contributed by atoms with Crippen LogP contribution in [-0.4, -0.2) is 5.79 Å². The molecule has 1 heterocycles. The van der Waals surface area contributed by atoms with Gasteiger partial charge in [-0.25, -0.2) is 0 Å². The van der Waals surface area contributed by atoms with Crippen molar-refractivity contribution in [3.63, 3.8) is 0 Å². The van der Waals surface area contributed by atoms with Gasteiger partial charge < -0.3 is 9.47 Å². The molecule has 0 aromatic heterocycles. The molecule has 1 aliphatic heterocycles. The Kier molecular flexibility index (Phi) is 6.01. The van der Waals surface area contributed by atoms with Crippen molar-refractivity contribution < 1.29 is 9.47 Å². The summed E-state index contributed by atoms with van der Waals surface area (Å²) in [6.45, 7) is 12.8. The summed E-state index contributed by atoms with van der Waals surface area (Å²) in [5, 5.41) is 0. The van der Waals surface area contributed by atoms with E-state index in [4.69, 9.17) is 9.47 Å². The summed E-state index contributed by atoms with van der Waals surface area (Å²) in [7, 11) is 0. The van der Waals surface area contributed by atoms with Gasteiger partial charge in [0.2, 0.25) is 0 Å². The second-order valence-corrected chi connectivity index (χ2v) is 14.5. The Labute approximate surface area is 214 Å². The van der Waals surface area contributed by atoms with Crippen LogP contribution in [0.3, 0.4) is 0 Å². The SMILES string of the molecule is CC(C)CCC[C@@H](C)[C@H]1CC[C@H]2[C@@H]3CCC4CC5(CC[C@]4(C)[C@H]3CC[C@]12C)Oc1ccccc1O5. The first kappa shape index (κ1) is 24.2. The highest BCUT2D eigenvalue weighted by molar-refractivity contribution is 5.43. The average molecular weight is 479 g/mol. The normalized spacial score (nSPS) is 41.9. The van der Waals surface area contributed by atoms with Crippen molar-refractivity contribution in [1.82, 2.24) is 0 Å². The molecule has 4 fully saturated rings. The van der Waals surface area contributed by atoms with E-state index in [0.717, 1.165) is 65.8 Å². The maximum absolute atomic E-state index is 6.52. The Morgan fingerprint density at radius 3 is 2.23 bits per heavy atom. The minimum Gasteiger partial charge on any atom is -0.448 e. The number of rotatable bonds is 5. The molecule has 0 radical (unpaired) electrons. The highest BCUT2D eigenvalue weighted by atomic mass is 16.7. The van der Waals surface area contributed by atoms with Crippen molar-refractivity contribution in [2.24, 2.45) is 52.3 Å². The van der Waals surface area contributed by atoms with Gasteiger partial charge in [0.1, 0.15) is 0 Å². The first-order valence-electron chi connectivity index (χ1n) is 15.2. The first-order valence-corrected chi connectivity index (χ1v) is 15.2. The molecule has 1 spiro atoms. The topological polar surface area (TPSA) is 18.5 Å². The molecule has 0 saturated heterocycles. The molecular weight excluding hydrogens is 428 g/mol. The van der Waals surface area contributed by atoms with E-state index in [0.29, 0.717) is 10.8 Å². The molecule has 2 heteroatoms. The van der Waals surface area contributed by atoms with Crippen LogP contribution in [0.15, 0.2) is 24.3 Å². The van der Waals surface area contributed by atoms with Crippen LogP contribution in [0, 0.1) is 52.3 Å². The molecule has 1 unspecified atom stereocenters. The maximum Gasteiger partial charge on any atom is 0.251 e. The second kappa shape index (κ2) is 8.70. The highest BCUT2D eigenvalue weighted by Gasteiger charge is 2.63. The van der Waals surface area contributed by atoms with Gasteiger partial charge >= 0.3 is 0 Å². The van der Waals surface area contributed by atoms with Crippen molar-refractivity contribution in [2.45, 2.75) is 117 Å². The van der Waals surface area contributed by atoms with Crippen LogP contribution in [0.5, 0.6) is 11.5 Å². The molecule has 4 aliphatic carbocycles. The molecule has 1 aromatic carbocycles. The van der Waals surface area contributed by atoms with E-state index < -0.39 is 5.79 Å². The lowest BCUT2D eigenvalue weighted by Crippen LogP contribution is -2.57. The molecule has 8 atom stereocenters. The molecule has 6 rings (SSSR count). The minimum absolute atomic E-state index is 0.395. The quantitative estimate of drug-likeness (QED) is 0.420. The van der Waals surface area contributed by atoms with Crippen molar-refractivity contribution in [3.8, 4) is 11.5 Å². The fourth-order valence-corrected chi connectivity index (χ4v) is 10.4. The molecule has 35 heavy (non-hydrogen) atoms. The fraction of sp³-hybridized carbons (Fsp3) is 0.818. The van der Waals surface area contributed by atoms with Gasteiger partial charge in [-0.05, 0) is 109 Å². The maximum atomic E-state index is 6.52. The van der Waals surface area contributed by atoms with Gasteiger partial charge in [-0.1, -0.05) is 66.0 Å². The Bertz CT molecular complexity index is 896. The van der Waals surface area contributed by atoms with Crippen LogP contribution < -0.4 is 9.47 Å². The third-order valence-corrected chi connectivity index (χ3v) is 12.3. The smallest absolute Gasteiger partial charge is 0.251 e. The number of para-hydroxylation sites is 2. The van der Waals surface area contributed by atoms with E-state index in [2.05, 4.69) is 58.9 Å². The zero-order valence-corrected chi connectivity index (χ0v) is 23.2. The summed E-state index contributed by atoms with van der Waals surface area (Å²) in [5.41, 5.74) is 1.06. The largest absolute Gasteiger partial charge is 0.448 e. The number of benzene rings is 1. The van der Waals surface area contributed by atoms with Crippen LogP contribution in [0.2, 0.25) is 0 Å². The zero-order valence-electron chi connectivity index (χ0n) is 23.2. The molecule has 5 aliphatic rings. The number of fused-ring (bicyclic) bond motifs is 6. The van der Waals surface area contributed by atoms with E-state index >= 15 is 0 Å². The minimum atomic E-state index is -0.395. The number of ether oxygens (including phenoxy) is 2. The predicted molar refractivity (Wildman–Crippen MR) is 143 cm³/mol. The summed E-state index contributed by atoms with van der Waals surface area (Å²) >= 11 is 0. The first-order chi connectivity index (χ1) is 16.7. The molecule has 0 bridgehead atoms. The lowest BCUT2D eigenvalue weighted by atomic mass is 9.44. The van der Waals surface area contributed by atoms with Crippen LogP contribution in [0.4, 0.5) is 0 Å². The molecular formula is C33H50O2. The molecule has 0 N–H and O–H groups in total. The van der Waals surface area contributed by atoms with Gasteiger partial charge in [-0.15, -0.1) is 0 Å². The molecule has 2 nitrogen and oxygen atoms in total. The summed E-state index contributed by atoms with van der Waals surface area (Å²) < 4.78 is 13.0. The van der Waals surface area contributed by atoms with E-state index in [9.17, 15) is 0 Å². The molecule has 4 saturated carbocycles. The van der Waals surface area contributed by atoms with Gasteiger partial charge in [-0.2, -0.15) is 0 Å². The summed E-state index contributed by atoms with van der Waals surface area (Å²) in [6, 6.07) is 8.30. The molecule has 0 amide bonds. The highest BCUT2D eigenvalue weighted by Crippen LogP contribution is 2.69. The number of hydrogen-bond donors (Lipinski definition) is 0. The van der Waals surface area contributed by atoms with Crippen LogP contribution in [0.25, 0.3) is 0 Å². The van der Waals surface area contributed by atoms with Crippen molar-refractivity contribution in [3.05, 3.63) is 24.3 Å². The Balaban J connectivity index is 1.15. The lowest BCUT2D eigenvalue weighted by Gasteiger charge is -2.62. The number of hydrogen-bond acceptors (Lipinski definition) is 2. The molecule has 194 valence electrons. The Hall–Kier alpha value is -1.18. The fourth-order valence-electron chi connectivity index (χ4n) is 10.4. The van der Waals surface area contributed by atoms with Crippen LogP contribution in [0.1, 0.15) is 112 Å². The van der Waals surface area contributed by atoms with E-state index in [1.807, 2.05) is 0 Å². The third kappa shape index (κ3) is 3.86. The monoisotopic (exact) mass is 478 g/mol. The van der Waals surface area contributed by atoms with Gasteiger partial charge in [-0.3, -0.25) is 0 Å². The Morgan fingerprint density at radius 1 is 0.800 bits per heavy atom. The molecule has 1 aromatic rings. The third-order valence-electron chi connectivity index (χ3n) is 12.3. The van der Waals surface area contributed by atoms with E-state index in [-0.39, 0.29) is 0 Å². The summed E-state index contributed by atoms with van der Waals surface area (Å²) in [4.78, 5) is 0. The summed E-state index contributed by atoms with van der Waals surface area (Å²) in [5.74, 6) is 7.81.